The van der Waals surface area contributed by atoms with Gasteiger partial charge in [-0.05, 0) is 4.92 Å². The molecule has 0 unspecified atom stereocenters. The van der Waals surface area contributed by atoms with Crippen LogP contribution in [-0.4, -0.2) is 82.6 Å². The second kappa shape index (κ2) is 6.48. The van der Waals surface area contributed by atoms with Gasteiger partial charge < -0.3 is 29.6 Å². The first kappa shape index (κ1) is 16.1. The van der Waals surface area contributed by atoms with Crippen LogP contribution in [0.25, 0.3) is 4.96 Å². The van der Waals surface area contributed by atoms with Crippen LogP contribution in [0.15, 0.2) is 11.6 Å². The second-order valence-electron chi connectivity index (χ2n) is 5.93. The van der Waals surface area contributed by atoms with Crippen molar-refractivity contribution in [2.24, 2.45) is 0 Å². The van der Waals surface area contributed by atoms with Crippen LogP contribution < -0.4 is 4.90 Å². The zero-order chi connectivity index (χ0) is 17.4. The number of morpholine rings is 1. The molecule has 0 bridgehead atoms. The van der Waals surface area contributed by atoms with Crippen LogP contribution in [0.3, 0.4) is 0 Å². The van der Waals surface area contributed by atoms with Gasteiger partial charge >= 0.3 is 11.8 Å². The van der Waals surface area contributed by atoms with Gasteiger partial charge in [-0.2, -0.15) is 9.38 Å². The van der Waals surface area contributed by atoms with Gasteiger partial charge in [0, 0.05) is 44.6 Å². The second-order valence-corrected chi connectivity index (χ2v) is 6.80. The highest BCUT2D eigenvalue weighted by Gasteiger charge is 2.32. The van der Waals surface area contributed by atoms with Gasteiger partial charge in [0.2, 0.25) is 5.82 Å². The molecule has 0 atom stereocenters. The van der Waals surface area contributed by atoms with E-state index in [0.29, 0.717) is 63.3 Å². The number of nitrogens with zero attached hydrogens (tertiary/aromatic N) is 6. The average molecular weight is 366 g/mol. The molecule has 0 aliphatic carbocycles. The minimum Gasteiger partial charge on any atom is -0.378 e. The third-order valence-corrected chi connectivity index (χ3v) is 5.28. The molecule has 11 heteroatoms. The molecule has 0 aromatic carbocycles. The van der Waals surface area contributed by atoms with Crippen molar-refractivity contribution in [3.05, 3.63) is 21.7 Å². The lowest BCUT2D eigenvalue weighted by Crippen LogP contribution is -2.55. The maximum Gasteiger partial charge on any atom is 0.373 e. The number of imidazole rings is 1. The SMILES string of the molecule is O=C(N1CCOCC1)N1CCN(c2nc3sccn3c2[N+](=O)[O-])CC1. The number of hydrogen-bond acceptors (Lipinski definition) is 7. The molecule has 2 aliphatic heterocycles. The van der Waals surface area contributed by atoms with Crippen molar-refractivity contribution in [2.45, 2.75) is 0 Å². The fourth-order valence-electron chi connectivity index (χ4n) is 3.21. The number of hydrogen-bond donors (Lipinski definition) is 0. The molecule has 2 aromatic rings. The smallest absolute Gasteiger partial charge is 0.373 e. The molecule has 4 heterocycles. The third kappa shape index (κ3) is 2.89. The molecule has 2 saturated heterocycles. The van der Waals surface area contributed by atoms with Gasteiger partial charge in [0.1, 0.15) is 6.20 Å². The van der Waals surface area contributed by atoms with E-state index in [1.165, 1.54) is 15.7 Å². The summed E-state index contributed by atoms with van der Waals surface area (Å²) in [6.07, 6.45) is 1.66. The summed E-state index contributed by atoms with van der Waals surface area (Å²) >= 11 is 1.37. The Morgan fingerprint density at radius 2 is 1.84 bits per heavy atom. The number of urea groups is 1. The van der Waals surface area contributed by atoms with Crippen molar-refractivity contribution in [3.63, 3.8) is 0 Å². The fourth-order valence-corrected chi connectivity index (χ4v) is 3.91. The Hall–Kier alpha value is -2.40. The van der Waals surface area contributed by atoms with Crippen molar-refractivity contribution >= 4 is 34.0 Å². The number of anilines is 1. The maximum absolute atomic E-state index is 12.5. The van der Waals surface area contributed by atoms with Crippen LogP contribution in [0.2, 0.25) is 0 Å². The summed E-state index contributed by atoms with van der Waals surface area (Å²) in [4.78, 5) is 34.1. The van der Waals surface area contributed by atoms with Gasteiger partial charge in [0.25, 0.3) is 4.96 Å². The van der Waals surface area contributed by atoms with Gasteiger partial charge in [0.15, 0.2) is 0 Å². The van der Waals surface area contributed by atoms with E-state index in [-0.39, 0.29) is 11.8 Å². The Morgan fingerprint density at radius 3 is 2.52 bits per heavy atom. The van der Waals surface area contributed by atoms with Crippen molar-refractivity contribution in [1.82, 2.24) is 19.2 Å². The first-order valence-electron chi connectivity index (χ1n) is 8.11. The third-order valence-electron chi connectivity index (χ3n) is 4.52. The predicted molar refractivity (Wildman–Crippen MR) is 91.3 cm³/mol. The normalized spacial score (nSPS) is 18.8. The van der Waals surface area contributed by atoms with Crippen molar-refractivity contribution in [2.75, 3.05) is 57.4 Å². The molecule has 25 heavy (non-hydrogen) atoms. The molecule has 0 N–H and O–H groups in total. The minimum absolute atomic E-state index is 0.00999. The van der Waals surface area contributed by atoms with Gasteiger partial charge in [-0.25, -0.2) is 4.79 Å². The summed E-state index contributed by atoms with van der Waals surface area (Å²) in [6.45, 7) is 4.48. The van der Waals surface area contributed by atoms with Gasteiger partial charge in [-0.1, -0.05) is 11.3 Å². The monoisotopic (exact) mass is 366 g/mol. The molecule has 0 saturated carbocycles. The van der Waals surface area contributed by atoms with Crippen LogP contribution in [0.4, 0.5) is 16.4 Å². The molecule has 0 spiro atoms. The number of carbonyl (C=O) groups is 1. The van der Waals surface area contributed by atoms with Gasteiger partial charge in [-0.3, -0.25) is 0 Å². The topological polar surface area (TPSA) is 96.5 Å². The number of nitro groups is 1. The Morgan fingerprint density at radius 1 is 1.16 bits per heavy atom. The van der Waals surface area contributed by atoms with E-state index in [1.807, 2.05) is 4.90 Å². The van der Waals surface area contributed by atoms with Crippen LogP contribution in [-0.2, 0) is 4.74 Å². The van der Waals surface area contributed by atoms with Crippen LogP contribution in [0.1, 0.15) is 0 Å². The predicted octanol–water partition coefficient (Wildman–Crippen LogP) is 0.878. The number of fused-ring (bicyclic) bond motifs is 1. The average Bonchev–Trinajstić information content (AvgIpc) is 3.22. The lowest BCUT2D eigenvalue weighted by molar-refractivity contribution is -0.389. The summed E-state index contributed by atoms with van der Waals surface area (Å²) in [5, 5.41) is 13.2. The highest BCUT2D eigenvalue weighted by Crippen LogP contribution is 2.31. The Labute approximate surface area is 147 Å². The summed E-state index contributed by atoms with van der Waals surface area (Å²) in [5.74, 6) is 0.375. The molecule has 4 rings (SSSR count). The zero-order valence-corrected chi connectivity index (χ0v) is 14.4. The highest BCUT2D eigenvalue weighted by atomic mass is 32.1. The van der Waals surface area contributed by atoms with E-state index >= 15 is 0 Å². The van der Waals surface area contributed by atoms with E-state index in [9.17, 15) is 14.9 Å². The van der Waals surface area contributed by atoms with Crippen LogP contribution >= 0.6 is 11.3 Å². The Balaban J connectivity index is 1.47. The van der Waals surface area contributed by atoms with Gasteiger partial charge in [-0.15, -0.1) is 0 Å². The van der Waals surface area contributed by atoms with Crippen molar-refractivity contribution < 1.29 is 14.5 Å². The first-order chi connectivity index (χ1) is 12.1. The Bertz CT molecular complexity index is 790. The largest absolute Gasteiger partial charge is 0.378 e. The number of piperazine rings is 1. The van der Waals surface area contributed by atoms with E-state index in [1.54, 1.807) is 21.4 Å². The minimum atomic E-state index is -0.396. The van der Waals surface area contributed by atoms with Crippen molar-refractivity contribution in [3.8, 4) is 0 Å². The van der Waals surface area contributed by atoms with Crippen LogP contribution in [0, 0.1) is 10.1 Å². The standard InChI is InChI=1S/C14H18N6O4S/c21-14(18-5-8-24-9-6-18)17-3-1-16(2-4-17)11-12(20(22)23)19-7-10-25-13(19)15-11/h7,10H,1-6,8-9H2. The maximum atomic E-state index is 12.5. The Kier molecular flexibility index (Phi) is 4.17. The summed E-state index contributed by atoms with van der Waals surface area (Å²) in [6, 6.07) is 0.0169. The van der Waals surface area contributed by atoms with Crippen LogP contribution in [0.5, 0.6) is 0 Å². The number of thiazole rings is 1. The molecular weight excluding hydrogens is 348 g/mol. The van der Waals surface area contributed by atoms with E-state index in [2.05, 4.69) is 4.98 Å². The first-order valence-corrected chi connectivity index (χ1v) is 8.99. The van der Waals surface area contributed by atoms with E-state index in [0.717, 1.165) is 0 Å². The quantitative estimate of drug-likeness (QED) is 0.578. The number of ether oxygens (including phenoxy) is 1. The summed E-state index contributed by atoms with van der Waals surface area (Å²) in [5.41, 5.74) is 0. The molecule has 2 amide bonds. The molecule has 0 radical (unpaired) electrons. The molecular formula is C14H18N6O4S. The lowest BCUT2D eigenvalue weighted by atomic mass is 10.3. The number of rotatable bonds is 2. The molecule has 2 aliphatic rings. The highest BCUT2D eigenvalue weighted by molar-refractivity contribution is 7.15. The molecule has 10 nitrogen and oxygen atoms in total. The summed E-state index contributed by atoms with van der Waals surface area (Å²) < 4.78 is 6.78. The van der Waals surface area contributed by atoms with E-state index in [4.69, 9.17) is 4.74 Å². The lowest BCUT2D eigenvalue weighted by Gasteiger charge is -2.38. The fraction of sp³-hybridized carbons (Fsp3) is 0.571. The molecule has 2 fully saturated rings. The number of carbonyl (C=O) groups excluding carboxylic acids is 1. The molecule has 134 valence electrons. The zero-order valence-electron chi connectivity index (χ0n) is 13.5. The number of aromatic nitrogens is 2. The number of amides is 2. The van der Waals surface area contributed by atoms with Gasteiger partial charge in [0.05, 0.1) is 13.2 Å². The summed E-state index contributed by atoms with van der Waals surface area (Å²) in [7, 11) is 0. The van der Waals surface area contributed by atoms with Crippen molar-refractivity contribution in [1.29, 1.82) is 0 Å². The molecule has 2 aromatic heterocycles. The van der Waals surface area contributed by atoms with E-state index < -0.39 is 4.92 Å².